The van der Waals surface area contributed by atoms with Crippen LogP contribution in [-0.2, 0) is 10.0 Å². The molecule has 1 aliphatic rings. The number of rotatable bonds is 3. The largest absolute Gasteiger partial charge is 0.360 e. The fourth-order valence-corrected chi connectivity index (χ4v) is 4.89. The second-order valence-corrected chi connectivity index (χ2v) is 7.62. The molecule has 0 aliphatic carbocycles. The maximum absolute atomic E-state index is 12.8. The Hall–Kier alpha value is -1.66. The summed E-state index contributed by atoms with van der Waals surface area (Å²) in [6.07, 6.45) is 1.68. The van der Waals surface area contributed by atoms with Crippen molar-refractivity contribution < 1.29 is 12.9 Å². The van der Waals surface area contributed by atoms with Gasteiger partial charge in [0.2, 0.25) is 10.0 Å². The second kappa shape index (κ2) is 5.85. The zero-order chi connectivity index (χ0) is 15.7. The lowest BCUT2D eigenvalue weighted by Gasteiger charge is -2.31. The first-order chi connectivity index (χ1) is 10.5. The van der Waals surface area contributed by atoms with E-state index in [0.717, 1.165) is 12.8 Å². The molecule has 1 aromatic carbocycles. The molecule has 1 aromatic heterocycles. The summed E-state index contributed by atoms with van der Waals surface area (Å²) >= 11 is 0. The van der Waals surface area contributed by atoms with Crippen LogP contribution in [0.4, 0.5) is 0 Å². The first-order valence-corrected chi connectivity index (χ1v) is 8.92. The average Bonchev–Trinajstić information content (AvgIpc) is 2.88. The molecule has 118 valence electrons. The quantitative estimate of drug-likeness (QED) is 0.872. The van der Waals surface area contributed by atoms with E-state index in [-0.39, 0.29) is 4.90 Å². The van der Waals surface area contributed by atoms with Crippen molar-refractivity contribution in [1.82, 2.24) is 9.46 Å². The van der Waals surface area contributed by atoms with Crippen LogP contribution in [0.3, 0.4) is 0 Å². The van der Waals surface area contributed by atoms with Crippen LogP contribution in [0, 0.1) is 13.8 Å². The predicted octanol–water partition coefficient (Wildman–Crippen LogP) is 2.86. The van der Waals surface area contributed by atoms with Gasteiger partial charge >= 0.3 is 0 Å². The minimum atomic E-state index is -3.51. The van der Waals surface area contributed by atoms with Crippen LogP contribution >= 0.6 is 0 Å². The zero-order valence-corrected chi connectivity index (χ0v) is 13.6. The molecule has 0 N–H and O–H groups in total. The molecule has 1 fully saturated rings. The summed E-state index contributed by atoms with van der Waals surface area (Å²) in [6, 6.07) is 10.3. The number of benzene rings is 1. The summed E-state index contributed by atoms with van der Waals surface area (Å²) in [7, 11) is -3.51. The van der Waals surface area contributed by atoms with Crippen LogP contribution in [-0.4, -0.2) is 31.0 Å². The van der Waals surface area contributed by atoms with E-state index >= 15 is 0 Å². The Morgan fingerprint density at radius 2 is 1.77 bits per heavy atom. The number of aryl methyl sites for hydroxylation is 2. The normalized spacial score (nSPS) is 17.7. The van der Waals surface area contributed by atoms with E-state index in [9.17, 15) is 8.42 Å². The fraction of sp³-hybridized carbons (Fsp3) is 0.438. The number of piperidine rings is 1. The van der Waals surface area contributed by atoms with Crippen molar-refractivity contribution in [2.75, 3.05) is 13.1 Å². The van der Waals surface area contributed by atoms with Gasteiger partial charge in [0, 0.05) is 13.1 Å². The molecule has 0 spiro atoms. The highest BCUT2D eigenvalue weighted by Gasteiger charge is 2.33. The minimum Gasteiger partial charge on any atom is -0.360 e. The van der Waals surface area contributed by atoms with E-state index in [1.165, 1.54) is 5.56 Å². The van der Waals surface area contributed by atoms with Gasteiger partial charge in [-0.05, 0) is 38.2 Å². The van der Waals surface area contributed by atoms with E-state index in [2.05, 4.69) is 17.3 Å². The number of aromatic nitrogens is 1. The van der Waals surface area contributed by atoms with Gasteiger partial charge in [-0.1, -0.05) is 35.5 Å². The fourth-order valence-electron chi connectivity index (χ4n) is 3.13. The van der Waals surface area contributed by atoms with Gasteiger partial charge in [0.15, 0.2) is 5.76 Å². The summed E-state index contributed by atoms with van der Waals surface area (Å²) in [4.78, 5) is 0.227. The van der Waals surface area contributed by atoms with E-state index in [0.29, 0.717) is 30.5 Å². The van der Waals surface area contributed by atoms with Crippen molar-refractivity contribution in [1.29, 1.82) is 0 Å². The Morgan fingerprint density at radius 1 is 1.14 bits per heavy atom. The molecule has 2 aromatic rings. The summed E-state index contributed by atoms with van der Waals surface area (Å²) in [5.41, 5.74) is 1.72. The molecule has 22 heavy (non-hydrogen) atoms. The molecule has 0 unspecified atom stereocenters. The van der Waals surface area contributed by atoms with E-state index in [1.54, 1.807) is 18.2 Å². The van der Waals surface area contributed by atoms with Crippen LogP contribution in [0.2, 0.25) is 0 Å². The number of nitrogens with zero attached hydrogens (tertiary/aromatic N) is 2. The molecule has 2 heterocycles. The van der Waals surface area contributed by atoms with Crippen LogP contribution in [0.15, 0.2) is 39.8 Å². The molecule has 6 heteroatoms. The van der Waals surface area contributed by atoms with Gasteiger partial charge in [-0.2, -0.15) is 4.31 Å². The molecule has 0 radical (unpaired) electrons. The number of hydrogen-bond acceptors (Lipinski definition) is 4. The first-order valence-electron chi connectivity index (χ1n) is 7.48. The molecule has 5 nitrogen and oxygen atoms in total. The Bertz CT molecular complexity index is 725. The molecule has 0 atom stereocenters. The molecular formula is C16H20N2O3S. The Kier molecular flexibility index (Phi) is 4.06. The molecule has 0 bridgehead atoms. The zero-order valence-electron chi connectivity index (χ0n) is 12.8. The third-order valence-corrected chi connectivity index (χ3v) is 6.43. The Morgan fingerprint density at radius 3 is 2.32 bits per heavy atom. The van der Waals surface area contributed by atoms with Crippen molar-refractivity contribution in [2.24, 2.45) is 0 Å². The monoisotopic (exact) mass is 320 g/mol. The van der Waals surface area contributed by atoms with Gasteiger partial charge in [0.1, 0.15) is 10.6 Å². The van der Waals surface area contributed by atoms with E-state index in [1.807, 2.05) is 18.2 Å². The van der Waals surface area contributed by atoms with Crippen molar-refractivity contribution in [3.63, 3.8) is 0 Å². The van der Waals surface area contributed by atoms with Crippen molar-refractivity contribution in [3.05, 3.63) is 47.3 Å². The van der Waals surface area contributed by atoms with Gasteiger partial charge in [-0.3, -0.25) is 0 Å². The molecule has 0 saturated carbocycles. The summed E-state index contributed by atoms with van der Waals surface area (Å²) in [5.74, 6) is 0.792. The lowest BCUT2D eigenvalue weighted by molar-refractivity contribution is 0.318. The standard InChI is InChI=1S/C16H20N2O3S/c1-12-16(13(2)21-17-12)22(19,20)18-10-8-15(9-11-18)14-6-4-3-5-7-14/h3-7,15H,8-11H2,1-2H3. The third kappa shape index (κ3) is 2.68. The Balaban J connectivity index is 1.76. The molecular weight excluding hydrogens is 300 g/mol. The molecule has 3 rings (SSSR count). The lowest BCUT2D eigenvalue weighted by Crippen LogP contribution is -2.38. The van der Waals surface area contributed by atoms with Gasteiger partial charge < -0.3 is 4.52 Å². The maximum atomic E-state index is 12.8. The van der Waals surface area contributed by atoms with Gasteiger partial charge in [0.05, 0.1) is 0 Å². The smallest absolute Gasteiger partial charge is 0.248 e. The van der Waals surface area contributed by atoms with Gasteiger partial charge in [-0.15, -0.1) is 0 Å². The van der Waals surface area contributed by atoms with Crippen molar-refractivity contribution in [3.8, 4) is 0 Å². The third-order valence-electron chi connectivity index (χ3n) is 4.29. The summed E-state index contributed by atoms with van der Waals surface area (Å²) < 4.78 is 32.1. The number of sulfonamides is 1. The second-order valence-electron chi connectivity index (χ2n) is 5.74. The summed E-state index contributed by atoms with van der Waals surface area (Å²) in [5, 5.41) is 3.76. The molecule has 1 saturated heterocycles. The topological polar surface area (TPSA) is 63.4 Å². The van der Waals surface area contributed by atoms with Crippen molar-refractivity contribution in [2.45, 2.75) is 37.5 Å². The van der Waals surface area contributed by atoms with E-state index < -0.39 is 10.0 Å². The average molecular weight is 320 g/mol. The van der Waals surface area contributed by atoms with Crippen molar-refractivity contribution >= 4 is 10.0 Å². The van der Waals surface area contributed by atoms with Gasteiger partial charge in [-0.25, -0.2) is 8.42 Å². The predicted molar refractivity (Wildman–Crippen MR) is 83.2 cm³/mol. The lowest BCUT2D eigenvalue weighted by atomic mass is 9.90. The SMILES string of the molecule is Cc1noc(C)c1S(=O)(=O)N1CCC(c2ccccc2)CC1. The van der Waals surface area contributed by atoms with Crippen LogP contribution in [0.5, 0.6) is 0 Å². The molecule has 0 amide bonds. The maximum Gasteiger partial charge on any atom is 0.248 e. The number of hydrogen-bond donors (Lipinski definition) is 0. The van der Waals surface area contributed by atoms with E-state index in [4.69, 9.17) is 4.52 Å². The van der Waals surface area contributed by atoms with Gasteiger partial charge in [0.25, 0.3) is 0 Å². The van der Waals surface area contributed by atoms with Crippen LogP contribution < -0.4 is 0 Å². The van der Waals surface area contributed by atoms with Crippen LogP contribution in [0.25, 0.3) is 0 Å². The van der Waals surface area contributed by atoms with Crippen LogP contribution in [0.1, 0.15) is 35.8 Å². The highest BCUT2D eigenvalue weighted by atomic mass is 32.2. The molecule has 1 aliphatic heterocycles. The Labute approximate surface area is 131 Å². The first kappa shape index (κ1) is 15.2. The summed E-state index contributed by atoms with van der Waals surface area (Å²) in [6.45, 7) is 4.38. The highest BCUT2D eigenvalue weighted by molar-refractivity contribution is 7.89. The highest BCUT2D eigenvalue weighted by Crippen LogP contribution is 2.32. The minimum absolute atomic E-state index is 0.227.